The third-order valence-corrected chi connectivity index (χ3v) is 3.48. The van der Waals surface area contributed by atoms with Gasteiger partial charge in [-0.2, -0.15) is 13.2 Å². The second kappa shape index (κ2) is 8.37. The van der Waals surface area contributed by atoms with Crippen molar-refractivity contribution in [2.24, 2.45) is 0 Å². The zero-order chi connectivity index (χ0) is 19.2. The Morgan fingerprint density at radius 1 is 1.08 bits per heavy atom. The smallest absolute Gasteiger partial charge is 0.418 e. The molecule has 0 saturated carbocycles. The minimum atomic E-state index is -4.57. The summed E-state index contributed by atoms with van der Waals surface area (Å²) in [6, 6.07) is 11.2. The molecule has 0 aliphatic heterocycles. The van der Waals surface area contributed by atoms with E-state index in [0.29, 0.717) is 11.3 Å². The Morgan fingerprint density at radius 3 is 2.50 bits per heavy atom. The fourth-order valence-electron chi connectivity index (χ4n) is 2.21. The van der Waals surface area contributed by atoms with Gasteiger partial charge in [-0.1, -0.05) is 18.2 Å². The second-order valence-electron chi connectivity index (χ2n) is 5.33. The van der Waals surface area contributed by atoms with E-state index in [1.165, 1.54) is 31.4 Å². The van der Waals surface area contributed by atoms with Gasteiger partial charge < -0.3 is 15.4 Å². The van der Waals surface area contributed by atoms with Crippen molar-refractivity contribution in [2.75, 3.05) is 19.0 Å². The summed E-state index contributed by atoms with van der Waals surface area (Å²) in [4.78, 5) is 23.9. The largest absolute Gasteiger partial charge is 0.497 e. The first-order valence-electron chi connectivity index (χ1n) is 7.69. The summed E-state index contributed by atoms with van der Waals surface area (Å²) in [5.74, 6) is -0.529. The summed E-state index contributed by atoms with van der Waals surface area (Å²) in [6.07, 6.45) is -4.73. The van der Waals surface area contributed by atoms with Crippen molar-refractivity contribution in [3.63, 3.8) is 0 Å². The van der Waals surface area contributed by atoms with E-state index >= 15 is 0 Å². The maximum Gasteiger partial charge on any atom is 0.418 e. The molecule has 2 rings (SSSR count). The average Bonchev–Trinajstić information content (AvgIpc) is 2.61. The van der Waals surface area contributed by atoms with E-state index in [1.54, 1.807) is 18.2 Å². The molecule has 0 bridgehead atoms. The molecule has 138 valence electrons. The van der Waals surface area contributed by atoms with Gasteiger partial charge in [0.2, 0.25) is 5.91 Å². The van der Waals surface area contributed by atoms with E-state index in [-0.39, 0.29) is 18.7 Å². The minimum absolute atomic E-state index is 0.0178. The summed E-state index contributed by atoms with van der Waals surface area (Å²) < 4.78 is 43.7. The topological polar surface area (TPSA) is 67.4 Å². The number of amides is 2. The van der Waals surface area contributed by atoms with E-state index in [2.05, 4.69) is 10.6 Å². The number of para-hydroxylation sites is 1. The van der Waals surface area contributed by atoms with Crippen LogP contribution in [-0.2, 0) is 11.0 Å². The Labute approximate surface area is 148 Å². The van der Waals surface area contributed by atoms with Gasteiger partial charge in [0.25, 0.3) is 5.91 Å². The molecule has 8 heteroatoms. The molecule has 2 amide bonds. The summed E-state index contributed by atoms with van der Waals surface area (Å²) >= 11 is 0. The highest BCUT2D eigenvalue weighted by Gasteiger charge is 2.33. The minimum Gasteiger partial charge on any atom is -0.497 e. The lowest BCUT2D eigenvalue weighted by Crippen LogP contribution is -2.28. The van der Waals surface area contributed by atoms with Crippen molar-refractivity contribution >= 4 is 17.5 Å². The van der Waals surface area contributed by atoms with Crippen LogP contribution in [0.4, 0.5) is 18.9 Å². The molecule has 0 radical (unpaired) electrons. The third kappa shape index (κ3) is 5.23. The number of hydrogen-bond acceptors (Lipinski definition) is 3. The summed E-state index contributed by atoms with van der Waals surface area (Å²) in [6.45, 7) is -0.0178. The van der Waals surface area contributed by atoms with Crippen LogP contribution in [0.25, 0.3) is 0 Å². The van der Waals surface area contributed by atoms with Crippen LogP contribution in [0.5, 0.6) is 5.75 Å². The lowest BCUT2D eigenvalue weighted by molar-refractivity contribution is -0.137. The van der Waals surface area contributed by atoms with Crippen LogP contribution in [0.2, 0.25) is 0 Å². The first kappa shape index (κ1) is 19.3. The fraction of sp³-hybridized carbons (Fsp3) is 0.222. The zero-order valence-electron chi connectivity index (χ0n) is 13.9. The average molecular weight is 366 g/mol. The summed E-state index contributed by atoms with van der Waals surface area (Å²) in [5.41, 5.74) is -0.884. The van der Waals surface area contributed by atoms with E-state index in [4.69, 9.17) is 4.74 Å². The van der Waals surface area contributed by atoms with Gasteiger partial charge in [-0.3, -0.25) is 9.59 Å². The van der Waals surface area contributed by atoms with Crippen molar-refractivity contribution in [3.05, 3.63) is 59.7 Å². The number of halogens is 3. The number of carbonyl (C=O) groups is 2. The summed E-state index contributed by atoms with van der Waals surface area (Å²) in [7, 11) is 1.47. The predicted molar refractivity (Wildman–Crippen MR) is 90.0 cm³/mol. The van der Waals surface area contributed by atoms with Gasteiger partial charge in [0.1, 0.15) is 5.75 Å². The molecule has 0 atom stereocenters. The number of hydrogen-bond donors (Lipinski definition) is 2. The van der Waals surface area contributed by atoms with Gasteiger partial charge in [-0.05, 0) is 30.3 Å². The Bertz CT molecular complexity index is 791. The molecule has 5 nitrogen and oxygen atoms in total. The molecule has 0 aromatic heterocycles. The number of nitrogens with one attached hydrogen (secondary N) is 2. The molecule has 2 N–H and O–H groups in total. The SMILES string of the molecule is COc1cccc(C(=O)NCCC(=O)Nc2ccccc2C(F)(F)F)c1. The van der Waals surface area contributed by atoms with Crippen LogP contribution >= 0.6 is 0 Å². The van der Waals surface area contributed by atoms with Crippen molar-refractivity contribution < 1.29 is 27.5 Å². The van der Waals surface area contributed by atoms with E-state index < -0.39 is 23.6 Å². The molecular weight excluding hydrogens is 349 g/mol. The van der Waals surface area contributed by atoms with Crippen LogP contribution in [0.1, 0.15) is 22.3 Å². The molecule has 2 aromatic carbocycles. The third-order valence-electron chi connectivity index (χ3n) is 3.48. The molecule has 0 unspecified atom stereocenters. The van der Waals surface area contributed by atoms with Crippen LogP contribution in [-0.4, -0.2) is 25.5 Å². The fourth-order valence-corrected chi connectivity index (χ4v) is 2.21. The van der Waals surface area contributed by atoms with Crippen molar-refractivity contribution in [3.8, 4) is 5.75 Å². The van der Waals surface area contributed by atoms with Gasteiger partial charge in [0.05, 0.1) is 18.4 Å². The number of anilines is 1. The lowest BCUT2D eigenvalue weighted by Gasteiger charge is -2.13. The molecule has 0 aliphatic rings. The molecule has 0 saturated heterocycles. The Hall–Kier alpha value is -3.03. The predicted octanol–water partition coefficient (Wildman–Crippen LogP) is 3.47. The standard InChI is InChI=1S/C18H17F3N2O3/c1-26-13-6-4-5-12(11-13)17(25)22-10-9-16(24)23-15-8-3-2-7-14(15)18(19,20)21/h2-8,11H,9-10H2,1H3,(H,22,25)(H,23,24). The number of ether oxygens (including phenoxy) is 1. The quantitative estimate of drug-likeness (QED) is 0.823. The number of rotatable bonds is 6. The maximum atomic E-state index is 12.9. The second-order valence-corrected chi connectivity index (χ2v) is 5.33. The number of benzene rings is 2. The van der Waals surface area contributed by atoms with Crippen molar-refractivity contribution in [1.29, 1.82) is 0 Å². The van der Waals surface area contributed by atoms with Crippen LogP contribution in [0, 0.1) is 0 Å². The first-order chi connectivity index (χ1) is 12.3. The Balaban J connectivity index is 1.89. The molecule has 26 heavy (non-hydrogen) atoms. The highest BCUT2D eigenvalue weighted by atomic mass is 19.4. The molecule has 0 heterocycles. The van der Waals surface area contributed by atoms with E-state index in [1.807, 2.05) is 0 Å². The number of carbonyl (C=O) groups excluding carboxylic acids is 2. The lowest BCUT2D eigenvalue weighted by atomic mass is 10.1. The Kier molecular flexibility index (Phi) is 6.21. The van der Waals surface area contributed by atoms with E-state index in [0.717, 1.165) is 6.07 Å². The summed E-state index contributed by atoms with van der Waals surface area (Å²) in [5, 5.41) is 4.75. The number of alkyl halides is 3. The molecule has 0 fully saturated rings. The monoisotopic (exact) mass is 366 g/mol. The van der Waals surface area contributed by atoms with Gasteiger partial charge in [0, 0.05) is 18.5 Å². The normalized spacial score (nSPS) is 10.9. The Morgan fingerprint density at radius 2 is 1.81 bits per heavy atom. The van der Waals surface area contributed by atoms with Gasteiger partial charge in [-0.15, -0.1) is 0 Å². The van der Waals surface area contributed by atoms with Gasteiger partial charge in [0.15, 0.2) is 0 Å². The highest BCUT2D eigenvalue weighted by Crippen LogP contribution is 2.34. The van der Waals surface area contributed by atoms with Gasteiger partial charge in [-0.25, -0.2) is 0 Å². The molecular formula is C18H17F3N2O3. The molecule has 2 aromatic rings. The first-order valence-corrected chi connectivity index (χ1v) is 7.69. The highest BCUT2D eigenvalue weighted by molar-refractivity contribution is 5.95. The zero-order valence-corrected chi connectivity index (χ0v) is 13.9. The van der Waals surface area contributed by atoms with Crippen LogP contribution in [0.3, 0.4) is 0 Å². The molecule has 0 spiro atoms. The van der Waals surface area contributed by atoms with Crippen molar-refractivity contribution in [1.82, 2.24) is 5.32 Å². The van der Waals surface area contributed by atoms with Crippen LogP contribution in [0.15, 0.2) is 48.5 Å². The van der Waals surface area contributed by atoms with Crippen LogP contribution < -0.4 is 15.4 Å². The van der Waals surface area contributed by atoms with Gasteiger partial charge >= 0.3 is 6.18 Å². The van der Waals surface area contributed by atoms with E-state index in [9.17, 15) is 22.8 Å². The maximum absolute atomic E-state index is 12.9. The number of methoxy groups -OCH3 is 1. The molecule has 0 aliphatic carbocycles. The van der Waals surface area contributed by atoms with Crippen molar-refractivity contribution in [2.45, 2.75) is 12.6 Å².